The first-order valence-electron chi connectivity index (χ1n) is 5.28. The van der Waals surface area contributed by atoms with Gasteiger partial charge in [0.2, 0.25) is 0 Å². The van der Waals surface area contributed by atoms with Gasteiger partial charge in [-0.2, -0.15) is 17.4 Å². The van der Waals surface area contributed by atoms with Crippen molar-refractivity contribution < 1.29 is 8.42 Å². The molecule has 0 fully saturated rings. The maximum Gasteiger partial charge on any atom is 0.279 e. The summed E-state index contributed by atoms with van der Waals surface area (Å²) in [6.45, 7) is 3.06. The van der Waals surface area contributed by atoms with E-state index < -0.39 is 10.2 Å². The standard InChI is InChI=1S/C9H18N4O2S2/c1-8-6-11-9(16-8)7-12-17(14,15)13(2)5-3-4-10/h6,12H,3-5,7,10H2,1-2H3. The molecule has 0 bridgehead atoms. The summed E-state index contributed by atoms with van der Waals surface area (Å²) >= 11 is 1.48. The normalized spacial score (nSPS) is 12.2. The van der Waals surface area contributed by atoms with Crippen LogP contribution in [0.25, 0.3) is 0 Å². The molecule has 0 aliphatic rings. The summed E-state index contributed by atoms with van der Waals surface area (Å²) in [6, 6.07) is 0. The molecule has 1 aromatic heterocycles. The SMILES string of the molecule is Cc1cnc(CNS(=O)(=O)N(C)CCCN)s1. The summed E-state index contributed by atoms with van der Waals surface area (Å²) in [5.41, 5.74) is 5.34. The van der Waals surface area contributed by atoms with Gasteiger partial charge in [-0.25, -0.2) is 4.98 Å². The third-order valence-corrected chi connectivity index (χ3v) is 4.59. The third kappa shape index (κ3) is 4.68. The first kappa shape index (κ1) is 14.5. The number of thiazole rings is 1. The van der Waals surface area contributed by atoms with Crippen molar-refractivity contribution in [1.82, 2.24) is 14.0 Å². The molecule has 0 aliphatic heterocycles. The molecule has 6 nitrogen and oxygen atoms in total. The fraction of sp³-hybridized carbons (Fsp3) is 0.667. The van der Waals surface area contributed by atoms with Crippen molar-refractivity contribution in [2.75, 3.05) is 20.1 Å². The number of aryl methyl sites for hydroxylation is 1. The van der Waals surface area contributed by atoms with Crippen molar-refractivity contribution in [1.29, 1.82) is 0 Å². The first-order chi connectivity index (χ1) is 7.95. The Kier molecular flexibility index (Phi) is 5.47. The van der Waals surface area contributed by atoms with Crippen molar-refractivity contribution in [3.63, 3.8) is 0 Å². The van der Waals surface area contributed by atoms with E-state index in [1.54, 1.807) is 6.20 Å². The zero-order valence-corrected chi connectivity index (χ0v) is 11.6. The van der Waals surface area contributed by atoms with Crippen LogP contribution in [0.2, 0.25) is 0 Å². The van der Waals surface area contributed by atoms with Crippen LogP contribution in [-0.4, -0.2) is 37.8 Å². The van der Waals surface area contributed by atoms with Gasteiger partial charge in [0.05, 0.1) is 6.54 Å². The number of rotatable bonds is 7. The van der Waals surface area contributed by atoms with Crippen LogP contribution in [0.4, 0.5) is 0 Å². The van der Waals surface area contributed by atoms with Crippen LogP contribution in [0, 0.1) is 6.92 Å². The molecule has 3 N–H and O–H groups in total. The maximum absolute atomic E-state index is 11.8. The Balaban J connectivity index is 2.49. The summed E-state index contributed by atoms with van der Waals surface area (Å²) in [6.07, 6.45) is 2.38. The van der Waals surface area contributed by atoms with Gasteiger partial charge >= 0.3 is 0 Å². The highest BCUT2D eigenvalue weighted by Crippen LogP contribution is 2.11. The predicted octanol–water partition coefficient (Wildman–Crippen LogP) is 0.0665. The van der Waals surface area contributed by atoms with Crippen molar-refractivity contribution in [3.05, 3.63) is 16.1 Å². The van der Waals surface area contributed by atoms with Crippen LogP contribution in [0.1, 0.15) is 16.3 Å². The molecule has 0 amide bonds. The van der Waals surface area contributed by atoms with E-state index in [1.165, 1.54) is 22.7 Å². The zero-order valence-electron chi connectivity index (χ0n) is 10.0. The van der Waals surface area contributed by atoms with Crippen molar-refractivity contribution in [3.8, 4) is 0 Å². The van der Waals surface area contributed by atoms with Crippen molar-refractivity contribution in [2.24, 2.45) is 5.73 Å². The summed E-state index contributed by atoms with van der Waals surface area (Å²) in [4.78, 5) is 5.16. The quantitative estimate of drug-likeness (QED) is 0.738. The van der Waals surface area contributed by atoms with Gasteiger partial charge in [0.15, 0.2) is 0 Å². The summed E-state index contributed by atoms with van der Waals surface area (Å²) in [5, 5.41) is 0.762. The molecule has 1 rings (SSSR count). The molecule has 1 heterocycles. The lowest BCUT2D eigenvalue weighted by Crippen LogP contribution is -2.38. The van der Waals surface area contributed by atoms with Gasteiger partial charge in [-0.05, 0) is 19.9 Å². The molecule has 1 aromatic rings. The van der Waals surface area contributed by atoms with E-state index in [0.29, 0.717) is 19.5 Å². The molecule has 0 aromatic carbocycles. The topological polar surface area (TPSA) is 88.3 Å². The lowest BCUT2D eigenvalue weighted by molar-refractivity contribution is 0.452. The molecule has 17 heavy (non-hydrogen) atoms. The highest BCUT2D eigenvalue weighted by atomic mass is 32.2. The van der Waals surface area contributed by atoms with E-state index in [4.69, 9.17) is 5.73 Å². The van der Waals surface area contributed by atoms with Gasteiger partial charge in [0.25, 0.3) is 10.2 Å². The van der Waals surface area contributed by atoms with E-state index in [2.05, 4.69) is 9.71 Å². The average molecular weight is 278 g/mol. The van der Waals surface area contributed by atoms with Gasteiger partial charge in [-0.3, -0.25) is 0 Å². The molecule has 0 radical (unpaired) electrons. The lowest BCUT2D eigenvalue weighted by atomic mass is 10.4. The molecular weight excluding hydrogens is 260 g/mol. The maximum atomic E-state index is 11.8. The van der Waals surface area contributed by atoms with E-state index in [-0.39, 0.29) is 6.54 Å². The second-order valence-electron chi connectivity index (χ2n) is 3.65. The summed E-state index contributed by atoms with van der Waals surface area (Å²) < 4.78 is 27.3. The fourth-order valence-electron chi connectivity index (χ4n) is 1.18. The van der Waals surface area contributed by atoms with Crippen molar-refractivity contribution in [2.45, 2.75) is 19.9 Å². The predicted molar refractivity (Wildman–Crippen MR) is 68.9 cm³/mol. The molecule has 0 saturated heterocycles. The van der Waals surface area contributed by atoms with Crippen LogP contribution in [0.3, 0.4) is 0 Å². The Morgan fingerprint density at radius 3 is 2.82 bits per heavy atom. The number of aromatic nitrogens is 1. The Morgan fingerprint density at radius 2 is 2.29 bits per heavy atom. The van der Waals surface area contributed by atoms with E-state index >= 15 is 0 Å². The van der Waals surface area contributed by atoms with Crippen LogP contribution < -0.4 is 10.5 Å². The Hall–Kier alpha value is -0.540. The zero-order chi connectivity index (χ0) is 12.9. The minimum Gasteiger partial charge on any atom is -0.330 e. The number of hydrogen-bond acceptors (Lipinski definition) is 5. The van der Waals surface area contributed by atoms with Gasteiger partial charge in [-0.15, -0.1) is 11.3 Å². The average Bonchev–Trinajstić information content (AvgIpc) is 2.69. The molecule has 8 heteroatoms. The number of nitrogens with zero attached hydrogens (tertiary/aromatic N) is 2. The van der Waals surface area contributed by atoms with E-state index in [0.717, 1.165) is 9.88 Å². The largest absolute Gasteiger partial charge is 0.330 e. The highest BCUT2D eigenvalue weighted by Gasteiger charge is 2.16. The minimum absolute atomic E-state index is 0.230. The van der Waals surface area contributed by atoms with Crippen LogP contribution >= 0.6 is 11.3 Å². The van der Waals surface area contributed by atoms with Gasteiger partial charge in [0, 0.05) is 24.7 Å². The Labute approximate surface area is 106 Å². The highest BCUT2D eigenvalue weighted by molar-refractivity contribution is 7.87. The molecule has 0 unspecified atom stereocenters. The molecule has 0 aliphatic carbocycles. The Morgan fingerprint density at radius 1 is 1.59 bits per heavy atom. The molecule has 98 valence electrons. The Bertz CT molecular complexity index is 444. The molecule has 0 saturated carbocycles. The van der Waals surface area contributed by atoms with Crippen molar-refractivity contribution >= 4 is 21.5 Å². The van der Waals surface area contributed by atoms with Crippen LogP contribution in [0.5, 0.6) is 0 Å². The fourth-order valence-corrected chi connectivity index (χ4v) is 2.91. The summed E-state index contributed by atoms with van der Waals surface area (Å²) in [5.74, 6) is 0. The van der Waals surface area contributed by atoms with E-state index in [1.807, 2.05) is 6.92 Å². The lowest BCUT2D eigenvalue weighted by Gasteiger charge is -2.16. The van der Waals surface area contributed by atoms with Gasteiger partial charge < -0.3 is 5.73 Å². The van der Waals surface area contributed by atoms with Crippen LogP contribution in [0.15, 0.2) is 6.20 Å². The summed E-state index contributed by atoms with van der Waals surface area (Å²) in [7, 11) is -1.89. The number of nitrogens with two attached hydrogens (primary N) is 1. The molecule has 0 atom stereocenters. The smallest absolute Gasteiger partial charge is 0.279 e. The first-order valence-corrected chi connectivity index (χ1v) is 7.53. The molecule has 0 spiro atoms. The van der Waals surface area contributed by atoms with Crippen LogP contribution in [-0.2, 0) is 16.8 Å². The second-order valence-corrected chi connectivity index (χ2v) is 6.84. The molecular formula is C9H18N4O2S2. The number of hydrogen-bond donors (Lipinski definition) is 2. The monoisotopic (exact) mass is 278 g/mol. The van der Waals surface area contributed by atoms with Gasteiger partial charge in [0.1, 0.15) is 5.01 Å². The minimum atomic E-state index is -3.43. The third-order valence-electron chi connectivity index (χ3n) is 2.16. The second kappa shape index (κ2) is 6.41. The van der Waals surface area contributed by atoms with Gasteiger partial charge in [-0.1, -0.05) is 0 Å². The number of nitrogens with one attached hydrogen (secondary N) is 1. The van der Waals surface area contributed by atoms with E-state index in [9.17, 15) is 8.42 Å².